The van der Waals surface area contributed by atoms with Gasteiger partial charge in [-0.25, -0.2) is 0 Å². The van der Waals surface area contributed by atoms with Gasteiger partial charge in [0.25, 0.3) is 5.91 Å². The molecule has 3 heterocycles. The molecule has 3 N–H and O–H groups in total. The number of ether oxygens (including phenoxy) is 2. The number of imide groups is 1. The van der Waals surface area contributed by atoms with Crippen LogP contribution in [0, 0.1) is 36.5 Å². The Morgan fingerprint density at radius 1 is 0.980 bits per heavy atom. The van der Waals surface area contributed by atoms with Gasteiger partial charge in [-0.2, -0.15) is 0 Å². The SMILES string of the molecule is CCOc1cc([C@H]2c3sc(=O)[nH]c3SC3C4CC(C5C(=O)N(CCCCCC(=O)O)C(=O)C45)C32)ccc1OCC(=O)Nc1ccc(C)cc1. The second-order valence-electron chi connectivity index (χ2n) is 13.3. The van der Waals surface area contributed by atoms with Crippen LogP contribution in [0.1, 0.15) is 60.9 Å². The van der Waals surface area contributed by atoms with Gasteiger partial charge in [0.1, 0.15) is 0 Å². The quantitative estimate of drug-likeness (QED) is 0.159. The summed E-state index contributed by atoms with van der Waals surface area (Å²) < 4.78 is 12.0. The summed E-state index contributed by atoms with van der Waals surface area (Å²) in [5.41, 5.74) is 2.71. The molecule has 258 valence electrons. The molecule has 13 heteroatoms. The fraction of sp³-hybridized carbons (Fsp3) is 0.472. The van der Waals surface area contributed by atoms with Gasteiger partial charge in [0.15, 0.2) is 18.1 Å². The summed E-state index contributed by atoms with van der Waals surface area (Å²) in [7, 11) is 0. The summed E-state index contributed by atoms with van der Waals surface area (Å²) in [6, 6.07) is 13.2. The number of aliphatic carboxylic acids is 1. The van der Waals surface area contributed by atoms with Crippen molar-refractivity contribution in [2.45, 2.75) is 62.1 Å². The number of likely N-dealkylation sites (tertiary alicyclic amines) is 1. The second kappa shape index (κ2) is 13.7. The molecule has 3 fully saturated rings. The fourth-order valence-corrected chi connectivity index (χ4v) is 11.4. The number of hydrogen-bond donors (Lipinski definition) is 3. The van der Waals surface area contributed by atoms with Crippen molar-refractivity contribution in [1.29, 1.82) is 0 Å². The number of aryl methyl sites for hydroxylation is 1. The average Bonchev–Trinajstić information content (AvgIpc) is 3.81. The number of benzene rings is 2. The zero-order valence-electron chi connectivity index (χ0n) is 27.3. The van der Waals surface area contributed by atoms with E-state index in [-0.39, 0.29) is 76.4 Å². The lowest BCUT2D eigenvalue weighted by molar-refractivity contribution is -0.141. The number of rotatable bonds is 13. The number of anilines is 1. The largest absolute Gasteiger partial charge is 0.490 e. The second-order valence-corrected chi connectivity index (χ2v) is 15.5. The van der Waals surface area contributed by atoms with Crippen molar-refractivity contribution in [3.05, 3.63) is 68.1 Å². The van der Waals surface area contributed by atoms with Crippen molar-refractivity contribution in [2.24, 2.45) is 29.6 Å². The number of nitrogens with zero attached hydrogens (tertiary/aromatic N) is 1. The number of carbonyl (C=O) groups is 4. The number of aromatic nitrogens is 1. The third kappa shape index (κ3) is 6.27. The van der Waals surface area contributed by atoms with Crippen LogP contribution < -0.4 is 19.7 Å². The van der Waals surface area contributed by atoms with Crippen LogP contribution in [-0.4, -0.2) is 63.7 Å². The number of carboxylic acids is 1. The van der Waals surface area contributed by atoms with Gasteiger partial charge in [-0.1, -0.05) is 41.5 Å². The molecule has 1 aromatic heterocycles. The fourth-order valence-electron chi connectivity index (χ4n) is 8.48. The number of nitrogens with one attached hydrogen (secondary N) is 2. The van der Waals surface area contributed by atoms with Crippen LogP contribution in [-0.2, 0) is 19.2 Å². The molecule has 49 heavy (non-hydrogen) atoms. The molecular weight excluding hydrogens is 667 g/mol. The van der Waals surface area contributed by atoms with E-state index in [9.17, 15) is 24.0 Å². The van der Waals surface area contributed by atoms with E-state index in [1.165, 1.54) is 16.2 Å². The van der Waals surface area contributed by atoms with Crippen molar-refractivity contribution in [3.8, 4) is 11.5 Å². The summed E-state index contributed by atoms with van der Waals surface area (Å²) in [6.45, 7) is 4.34. The van der Waals surface area contributed by atoms with E-state index < -0.39 is 5.97 Å². The molecule has 2 aliphatic carbocycles. The Bertz CT molecular complexity index is 1840. The summed E-state index contributed by atoms with van der Waals surface area (Å²) >= 11 is 2.83. The Morgan fingerprint density at radius 3 is 2.47 bits per heavy atom. The van der Waals surface area contributed by atoms with Crippen LogP contribution in [0.5, 0.6) is 11.5 Å². The average molecular weight is 706 g/mol. The van der Waals surface area contributed by atoms with Crippen LogP contribution in [0.15, 0.2) is 52.3 Å². The minimum absolute atomic E-state index is 0.0125. The first-order valence-electron chi connectivity index (χ1n) is 16.9. The molecule has 2 aliphatic heterocycles. The summed E-state index contributed by atoms with van der Waals surface area (Å²) in [5.74, 6) is -1.36. The van der Waals surface area contributed by atoms with Crippen LogP contribution >= 0.6 is 23.1 Å². The van der Waals surface area contributed by atoms with Crippen molar-refractivity contribution in [2.75, 3.05) is 25.1 Å². The number of H-pyrrole nitrogens is 1. The lowest BCUT2D eigenvalue weighted by Gasteiger charge is -2.43. The number of carboxylic acid groups (broad SMARTS) is 1. The highest BCUT2D eigenvalue weighted by Gasteiger charge is 2.69. The van der Waals surface area contributed by atoms with Crippen LogP contribution in [0.2, 0.25) is 0 Å². The van der Waals surface area contributed by atoms with Gasteiger partial charge in [-0.3, -0.25) is 28.9 Å². The number of unbranched alkanes of at least 4 members (excludes halogenated alkanes) is 2. The molecule has 2 saturated carbocycles. The highest BCUT2D eigenvalue weighted by Crippen LogP contribution is 2.68. The van der Waals surface area contributed by atoms with E-state index in [1.807, 2.05) is 50.2 Å². The maximum atomic E-state index is 13.8. The lowest BCUT2D eigenvalue weighted by atomic mass is 9.68. The van der Waals surface area contributed by atoms with Crippen LogP contribution in [0.25, 0.3) is 0 Å². The summed E-state index contributed by atoms with van der Waals surface area (Å²) in [5, 5.41) is 12.7. The first kappa shape index (κ1) is 33.4. The molecule has 11 nitrogen and oxygen atoms in total. The molecule has 7 rings (SSSR count). The van der Waals surface area contributed by atoms with Gasteiger partial charge in [0.05, 0.1) is 23.5 Å². The van der Waals surface area contributed by atoms with E-state index in [2.05, 4.69) is 10.3 Å². The molecule has 6 unspecified atom stereocenters. The lowest BCUT2D eigenvalue weighted by Crippen LogP contribution is -2.42. The van der Waals surface area contributed by atoms with Crippen molar-refractivity contribution < 1.29 is 33.8 Å². The Kier molecular flexibility index (Phi) is 9.31. The highest BCUT2D eigenvalue weighted by molar-refractivity contribution is 8.00. The normalized spacial score (nSPS) is 26.3. The molecule has 4 aliphatic rings. The Balaban J connectivity index is 1.13. The molecule has 0 spiro atoms. The first-order valence-corrected chi connectivity index (χ1v) is 18.6. The van der Waals surface area contributed by atoms with Gasteiger partial charge in [0.2, 0.25) is 11.8 Å². The number of amides is 3. The molecule has 2 aromatic carbocycles. The molecule has 2 bridgehead atoms. The zero-order valence-corrected chi connectivity index (χ0v) is 28.9. The molecule has 7 atom stereocenters. The van der Waals surface area contributed by atoms with Gasteiger partial charge >= 0.3 is 10.8 Å². The predicted octanol–water partition coefficient (Wildman–Crippen LogP) is 5.28. The van der Waals surface area contributed by atoms with E-state index >= 15 is 0 Å². The van der Waals surface area contributed by atoms with E-state index in [1.54, 1.807) is 17.8 Å². The maximum Gasteiger partial charge on any atom is 0.305 e. The van der Waals surface area contributed by atoms with Crippen LogP contribution in [0.3, 0.4) is 0 Å². The number of hydrogen-bond acceptors (Lipinski definition) is 9. The van der Waals surface area contributed by atoms with Crippen LogP contribution in [0.4, 0.5) is 5.69 Å². The molecular formula is C36H39N3O8S2. The number of fused-ring (bicyclic) bond motifs is 9. The Morgan fingerprint density at radius 2 is 1.73 bits per heavy atom. The molecule has 3 aromatic rings. The number of thiazole rings is 1. The monoisotopic (exact) mass is 705 g/mol. The molecule has 3 amide bonds. The van der Waals surface area contributed by atoms with E-state index in [4.69, 9.17) is 14.6 Å². The van der Waals surface area contributed by atoms with Gasteiger partial charge < -0.3 is 24.9 Å². The summed E-state index contributed by atoms with van der Waals surface area (Å²) in [4.78, 5) is 69.1. The number of thioether (sulfide) groups is 1. The van der Waals surface area contributed by atoms with Gasteiger partial charge in [-0.15, -0.1) is 11.8 Å². The predicted molar refractivity (Wildman–Crippen MR) is 184 cm³/mol. The molecule has 0 radical (unpaired) electrons. The van der Waals surface area contributed by atoms with E-state index in [0.29, 0.717) is 49.6 Å². The van der Waals surface area contributed by atoms with Crippen molar-refractivity contribution >= 4 is 52.5 Å². The van der Waals surface area contributed by atoms with Gasteiger partial charge in [0, 0.05) is 34.7 Å². The van der Waals surface area contributed by atoms with E-state index in [0.717, 1.165) is 27.5 Å². The Labute approximate surface area is 291 Å². The first-order chi connectivity index (χ1) is 23.6. The summed E-state index contributed by atoms with van der Waals surface area (Å²) in [6.07, 6.45) is 2.60. The third-order valence-electron chi connectivity index (χ3n) is 10.4. The topological polar surface area (TPSA) is 155 Å². The minimum Gasteiger partial charge on any atom is -0.490 e. The van der Waals surface area contributed by atoms with Crippen molar-refractivity contribution in [1.82, 2.24) is 9.88 Å². The zero-order chi connectivity index (χ0) is 34.4. The van der Waals surface area contributed by atoms with Gasteiger partial charge in [-0.05, 0) is 80.7 Å². The van der Waals surface area contributed by atoms with Crippen molar-refractivity contribution in [3.63, 3.8) is 0 Å². The molecule has 1 saturated heterocycles. The number of aromatic amines is 1. The Hall–Kier alpha value is -4.10. The smallest absolute Gasteiger partial charge is 0.305 e. The third-order valence-corrected chi connectivity index (χ3v) is 13.0. The number of carbonyl (C=O) groups excluding carboxylic acids is 3. The highest BCUT2D eigenvalue weighted by atomic mass is 32.2. The maximum absolute atomic E-state index is 13.8. The minimum atomic E-state index is -0.846. The standard InChI is InChI=1S/C36H39N3O8S2/c1-3-46-24-15-19(10-13-23(24)47-17-25(40)37-20-11-8-18(2)9-12-20)27-28-21-16-22(31(28)48-33-32(27)49-36(45)38-33)30-29(21)34(43)39(35(30)44)14-6-4-5-7-26(41)42/h8-13,15,21-22,27-31H,3-7,14,16-17H2,1-2H3,(H,37,40)(H,38,45)(H,41,42)/t21?,22?,27-,28?,29?,30?,31?/m1/s1.